The van der Waals surface area contributed by atoms with Gasteiger partial charge in [-0.2, -0.15) is 0 Å². The number of nitrogens with one attached hydrogen (secondary N) is 2. The molecule has 2 unspecified atom stereocenters. The van der Waals surface area contributed by atoms with Gasteiger partial charge in [0.25, 0.3) is 5.91 Å². The number of hydrogen-bond donors (Lipinski definition) is 2. The van der Waals surface area contributed by atoms with Crippen molar-refractivity contribution in [2.75, 3.05) is 26.2 Å². The van der Waals surface area contributed by atoms with Crippen molar-refractivity contribution in [1.82, 2.24) is 15.5 Å². The Morgan fingerprint density at radius 2 is 1.81 bits per heavy atom. The van der Waals surface area contributed by atoms with Gasteiger partial charge in [-0.15, -0.1) is 0 Å². The third-order valence-electron chi connectivity index (χ3n) is 5.22. The van der Waals surface area contributed by atoms with E-state index >= 15 is 0 Å². The topological polar surface area (TPSA) is 61.4 Å². The summed E-state index contributed by atoms with van der Waals surface area (Å²) in [6.45, 7) is 8.08. The van der Waals surface area contributed by atoms with E-state index < -0.39 is 6.04 Å². The molecule has 1 fully saturated rings. The fourth-order valence-corrected chi connectivity index (χ4v) is 3.32. The van der Waals surface area contributed by atoms with Gasteiger partial charge in [0.2, 0.25) is 5.91 Å². The Morgan fingerprint density at radius 1 is 1.12 bits per heavy atom. The van der Waals surface area contributed by atoms with Gasteiger partial charge in [-0.3, -0.25) is 9.59 Å². The average molecular weight is 360 g/mol. The summed E-state index contributed by atoms with van der Waals surface area (Å²) in [7, 11) is 0. The van der Waals surface area contributed by atoms with Crippen LogP contribution in [0.2, 0.25) is 0 Å². The zero-order valence-corrected chi connectivity index (χ0v) is 16.2. The van der Waals surface area contributed by atoms with Crippen molar-refractivity contribution >= 4 is 11.8 Å². The molecule has 0 spiro atoms. The molecule has 1 aliphatic heterocycles. The molecule has 2 atom stereocenters. The molecule has 144 valence electrons. The summed E-state index contributed by atoms with van der Waals surface area (Å²) in [5.41, 5.74) is 0.582. The molecule has 2 N–H and O–H groups in total. The minimum Gasteiger partial charge on any atom is -0.354 e. The third kappa shape index (κ3) is 6.45. The molecule has 0 aliphatic carbocycles. The van der Waals surface area contributed by atoms with Crippen molar-refractivity contribution in [2.24, 2.45) is 5.92 Å². The van der Waals surface area contributed by atoms with E-state index in [4.69, 9.17) is 0 Å². The molecular weight excluding hydrogens is 326 g/mol. The molecule has 2 rings (SSSR count). The molecular formula is C21H33N3O2. The molecule has 1 aliphatic rings. The van der Waals surface area contributed by atoms with Crippen LogP contribution in [0.25, 0.3) is 0 Å². The Labute approximate surface area is 157 Å². The molecule has 26 heavy (non-hydrogen) atoms. The van der Waals surface area contributed by atoms with Crippen LogP contribution in [-0.4, -0.2) is 48.9 Å². The van der Waals surface area contributed by atoms with Crippen LogP contribution in [-0.2, 0) is 4.79 Å². The SMILES string of the molecule is CCC(C)C(NC(=O)c1ccccc1)C(=O)NCCCN1CCCCC1. The van der Waals surface area contributed by atoms with Crippen LogP contribution in [0.3, 0.4) is 0 Å². The van der Waals surface area contributed by atoms with Crippen molar-refractivity contribution in [3.8, 4) is 0 Å². The number of nitrogens with zero attached hydrogens (tertiary/aromatic N) is 1. The lowest BCUT2D eigenvalue weighted by Crippen LogP contribution is -2.50. The predicted octanol–water partition coefficient (Wildman–Crippen LogP) is 2.82. The maximum Gasteiger partial charge on any atom is 0.251 e. The molecule has 0 radical (unpaired) electrons. The first-order valence-corrected chi connectivity index (χ1v) is 9.97. The van der Waals surface area contributed by atoms with Crippen LogP contribution in [0.5, 0.6) is 0 Å². The Morgan fingerprint density at radius 3 is 2.46 bits per heavy atom. The van der Waals surface area contributed by atoms with Crippen molar-refractivity contribution in [3.63, 3.8) is 0 Å². The zero-order valence-electron chi connectivity index (χ0n) is 16.2. The van der Waals surface area contributed by atoms with E-state index in [1.807, 2.05) is 32.0 Å². The smallest absolute Gasteiger partial charge is 0.251 e. The number of amides is 2. The predicted molar refractivity (Wildman–Crippen MR) is 105 cm³/mol. The van der Waals surface area contributed by atoms with Gasteiger partial charge >= 0.3 is 0 Å². The van der Waals surface area contributed by atoms with Crippen molar-refractivity contribution < 1.29 is 9.59 Å². The van der Waals surface area contributed by atoms with Gasteiger partial charge in [0, 0.05) is 12.1 Å². The van der Waals surface area contributed by atoms with Crippen LogP contribution in [0.1, 0.15) is 56.3 Å². The number of benzene rings is 1. The monoisotopic (exact) mass is 359 g/mol. The number of rotatable bonds is 9. The Balaban J connectivity index is 1.81. The fraction of sp³-hybridized carbons (Fsp3) is 0.619. The highest BCUT2D eigenvalue weighted by Crippen LogP contribution is 2.10. The first-order chi connectivity index (χ1) is 12.6. The highest BCUT2D eigenvalue weighted by Gasteiger charge is 2.26. The number of carbonyl (C=O) groups excluding carboxylic acids is 2. The fourth-order valence-electron chi connectivity index (χ4n) is 3.32. The molecule has 1 heterocycles. The largest absolute Gasteiger partial charge is 0.354 e. The third-order valence-corrected chi connectivity index (χ3v) is 5.22. The quantitative estimate of drug-likeness (QED) is 0.667. The lowest BCUT2D eigenvalue weighted by molar-refractivity contribution is -0.124. The van der Waals surface area contributed by atoms with E-state index in [9.17, 15) is 9.59 Å². The second-order valence-corrected chi connectivity index (χ2v) is 7.25. The Kier molecular flexibility index (Phi) is 8.62. The van der Waals surface area contributed by atoms with Gasteiger partial charge in [-0.1, -0.05) is 44.9 Å². The number of hydrogen-bond acceptors (Lipinski definition) is 3. The molecule has 5 nitrogen and oxygen atoms in total. The van der Waals surface area contributed by atoms with Crippen molar-refractivity contribution in [1.29, 1.82) is 0 Å². The van der Waals surface area contributed by atoms with E-state index in [0.717, 1.165) is 19.4 Å². The van der Waals surface area contributed by atoms with Crippen LogP contribution < -0.4 is 10.6 Å². The van der Waals surface area contributed by atoms with Gasteiger partial charge in [0.05, 0.1) is 0 Å². The van der Waals surface area contributed by atoms with Gasteiger partial charge in [0.15, 0.2) is 0 Å². The molecule has 1 saturated heterocycles. The highest BCUT2D eigenvalue weighted by molar-refractivity contribution is 5.97. The lowest BCUT2D eigenvalue weighted by atomic mass is 9.97. The number of likely N-dealkylation sites (tertiary alicyclic amines) is 1. The van der Waals surface area contributed by atoms with E-state index in [-0.39, 0.29) is 17.7 Å². The van der Waals surface area contributed by atoms with E-state index in [2.05, 4.69) is 15.5 Å². The zero-order chi connectivity index (χ0) is 18.8. The van der Waals surface area contributed by atoms with Crippen LogP contribution in [0, 0.1) is 5.92 Å². The van der Waals surface area contributed by atoms with Gasteiger partial charge in [0.1, 0.15) is 6.04 Å². The maximum absolute atomic E-state index is 12.6. The summed E-state index contributed by atoms with van der Waals surface area (Å²) >= 11 is 0. The molecule has 0 bridgehead atoms. The van der Waals surface area contributed by atoms with E-state index in [1.165, 1.54) is 32.4 Å². The van der Waals surface area contributed by atoms with E-state index in [0.29, 0.717) is 12.1 Å². The minimum absolute atomic E-state index is 0.0812. The molecule has 2 amide bonds. The summed E-state index contributed by atoms with van der Waals surface area (Å²) in [5, 5.41) is 5.93. The molecule has 0 saturated carbocycles. The second kappa shape index (κ2) is 11.0. The summed E-state index contributed by atoms with van der Waals surface area (Å²) in [6, 6.07) is 8.56. The summed E-state index contributed by atoms with van der Waals surface area (Å²) in [5.74, 6) is -0.189. The van der Waals surface area contributed by atoms with Gasteiger partial charge < -0.3 is 15.5 Å². The second-order valence-electron chi connectivity index (χ2n) is 7.25. The van der Waals surface area contributed by atoms with Crippen LogP contribution in [0.4, 0.5) is 0 Å². The van der Waals surface area contributed by atoms with Gasteiger partial charge in [-0.25, -0.2) is 0 Å². The van der Waals surface area contributed by atoms with Crippen LogP contribution >= 0.6 is 0 Å². The summed E-state index contributed by atoms with van der Waals surface area (Å²) in [4.78, 5) is 27.5. The molecule has 0 aromatic heterocycles. The Hall–Kier alpha value is -1.88. The first-order valence-electron chi connectivity index (χ1n) is 9.97. The normalized spacial score (nSPS) is 17.3. The van der Waals surface area contributed by atoms with Crippen molar-refractivity contribution in [3.05, 3.63) is 35.9 Å². The molecule has 5 heteroatoms. The first kappa shape index (κ1) is 20.4. The van der Waals surface area contributed by atoms with Crippen LogP contribution in [0.15, 0.2) is 30.3 Å². The highest BCUT2D eigenvalue weighted by atomic mass is 16.2. The van der Waals surface area contributed by atoms with Gasteiger partial charge in [-0.05, 0) is 56.9 Å². The lowest BCUT2D eigenvalue weighted by Gasteiger charge is -2.27. The number of piperidine rings is 1. The molecule has 1 aromatic carbocycles. The van der Waals surface area contributed by atoms with Crippen molar-refractivity contribution in [2.45, 2.75) is 52.0 Å². The Bertz CT molecular complexity index is 556. The van der Waals surface area contributed by atoms with E-state index in [1.54, 1.807) is 12.1 Å². The average Bonchev–Trinajstić information content (AvgIpc) is 2.70. The maximum atomic E-state index is 12.6. The standard InChI is InChI=1S/C21H33N3O2/c1-3-17(2)19(23-20(25)18-11-6-4-7-12-18)21(26)22-13-10-16-24-14-8-5-9-15-24/h4,6-7,11-12,17,19H,3,5,8-10,13-16H2,1-2H3,(H,22,26)(H,23,25). The summed E-state index contributed by atoms with van der Waals surface area (Å²) < 4.78 is 0. The minimum atomic E-state index is -0.498. The number of carbonyl (C=O) groups is 2. The summed E-state index contributed by atoms with van der Waals surface area (Å²) in [6.07, 6.45) is 5.69. The molecule has 1 aromatic rings.